The molecule has 2 rings (SSSR count). The van der Waals surface area contributed by atoms with Crippen molar-refractivity contribution in [3.63, 3.8) is 0 Å². The van der Waals surface area contributed by atoms with Gasteiger partial charge in [-0.1, -0.05) is 30.3 Å². The molecular weight excluding hydrogens is 320 g/mol. The number of nitrogens with one attached hydrogen (secondary N) is 1. The predicted octanol–water partition coefficient (Wildman–Crippen LogP) is 2.84. The lowest BCUT2D eigenvalue weighted by Crippen LogP contribution is -2.22. The number of benzene rings is 2. The lowest BCUT2D eigenvalue weighted by molar-refractivity contribution is -0.384. The molecule has 7 heteroatoms. The van der Waals surface area contributed by atoms with E-state index in [1.54, 1.807) is 30.3 Å². The smallest absolute Gasteiger partial charge is 0.270 e. The topological polar surface area (TPSA) is 92.5 Å². The quantitative estimate of drug-likeness (QED) is 0.351. The molecule has 120 valence electrons. The van der Waals surface area contributed by atoms with Crippen molar-refractivity contribution in [1.29, 1.82) is 0 Å². The molecule has 6 nitrogen and oxygen atoms in total. The van der Waals surface area contributed by atoms with Gasteiger partial charge in [0.2, 0.25) is 0 Å². The van der Waals surface area contributed by atoms with E-state index in [-0.39, 0.29) is 29.5 Å². The first kappa shape index (κ1) is 16.9. The Kier molecular flexibility index (Phi) is 5.67. The Balaban J connectivity index is 2.38. The molecule has 0 bridgehead atoms. The van der Waals surface area contributed by atoms with Gasteiger partial charge in [0.15, 0.2) is 5.78 Å². The average Bonchev–Trinajstić information content (AvgIpc) is 2.59. The minimum absolute atomic E-state index is 0.0436. The van der Waals surface area contributed by atoms with E-state index in [9.17, 15) is 20.0 Å². The summed E-state index contributed by atoms with van der Waals surface area (Å²) in [7, 11) is 0. The van der Waals surface area contributed by atoms with Crippen LogP contribution in [0.15, 0.2) is 48.5 Å². The van der Waals surface area contributed by atoms with Crippen LogP contribution in [0.2, 0.25) is 0 Å². The summed E-state index contributed by atoms with van der Waals surface area (Å²) in [6.45, 7) is 0.135. The highest BCUT2D eigenvalue weighted by Crippen LogP contribution is 2.25. The van der Waals surface area contributed by atoms with Gasteiger partial charge in [0, 0.05) is 29.9 Å². The number of hydrogen-bond acceptors (Lipinski definition) is 5. The molecule has 1 atom stereocenters. The van der Waals surface area contributed by atoms with E-state index >= 15 is 0 Å². The number of hydrogen-bond donors (Lipinski definition) is 2. The Bertz CT molecular complexity index is 706. The number of alkyl halides is 1. The number of nitrogens with zero attached hydrogens (tertiary/aromatic N) is 1. The van der Waals surface area contributed by atoms with Gasteiger partial charge < -0.3 is 10.4 Å². The Morgan fingerprint density at radius 3 is 2.57 bits per heavy atom. The number of halogens is 1. The summed E-state index contributed by atoms with van der Waals surface area (Å²) in [6, 6.07) is 12.5. The molecule has 0 spiro atoms. The summed E-state index contributed by atoms with van der Waals surface area (Å²) >= 11 is 5.54. The monoisotopic (exact) mass is 334 g/mol. The van der Waals surface area contributed by atoms with Crippen LogP contribution < -0.4 is 5.32 Å². The van der Waals surface area contributed by atoms with Crippen LogP contribution in [0.4, 0.5) is 11.4 Å². The zero-order valence-electron chi connectivity index (χ0n) is 12.1. The number of nitro groups is 1. The summed E-state index contributed by atoms with van der Waals surface area (Å²) in [5, 5.41) is 23.4. The fraction of sp³-hybridized carbons (Fsp3) is 0.188. The van der Waals surface area contributed by atoms with E-state index in [4.69, 9.17) is 11.6 Å². The SMILES string of the molecule is O=C(c1ccccc1)c1cc([N+](=O)[O-])ccc1NCC(O)CCl. The molecule has 0 aliphatic carbocycles. The van der Waals surface area contributed by atoms with E-state index < -0.39 is 11.0 Å². The molecule has 2 aromatic carbocycles. The maximum Gasteiger partial charge on any atom is 0.270 e. The molecular formula is C16H15ClN2O4. The Hall–Kier alpha value is -2.44. The molecule has 1 unspecified atom stereocenters. The van der Waals surface area contributed by atoms with Crippen molar-refractivity contribution in [3.05, 3.63) is 69.8 Å². The summed E-state index contributed by atoms with van der Waals surface area (Å²) in [6.07, 6.45) is -0.786. The normalized spacial score (nSPS) is 11.7. The van der Waals surface area contributed by atoms with E-state index in [1.165, 1.54) is 18.2 Å². The van der Waals surface area contributed by atoms with E-state index in [2.05, 4.69) is 5.32 Å². The van der Waals surface area contributed by atoms with Gasteiger partial charge in [0.1, 0.15) is 0 Å². The predicted molar refractivity (Wildman–Crippen MR) is 88.2 cm³/mol. The van der Waals surface area contributed by atoms with Crippen LogP contribution in [-0.4, -0.2) is 34.3 Å². The molecule has 0 fully saturated rings. The molecule has 0 radical (unpaired) electrons. The molecule has 0 aliphatic heterocycles. The lowest BCUT2D eigenvalue weighted by Gasteiger charge is -2.13. The highest BCUT2D eigenvalue weighted by atomic mass is 35.5. The summed E-state index contributed by atoms with van der Waals surface area (Å²) in [5.74, 6) is -0.292. The molecule has 0 aromatic heterocycles. The van der Waals surface area contributed by atoms with Gasteiger partial charge in [0.05, 0.1) is 22.5 Å². The number of non-ortho nitro benzene ring substituents is 1. The van der Waals surface area contributed by atoms with Crippen molar-refractivity contribution in [2.45, 2.75) is 6.10 Å². The number of aliphatic hydroxyl groups excluding tert-OH is 1. The third kappa shape index (κ3) is 4.28. The van der Waals surface area contributed by atoms with Crippen LogP contribution in [0.1, 0.15) is 15.9 Å². The maximum absolute atomic E-state index is 12.6. The molecule has 0 aliphatic rings. The van der Waals surface area contributed by atoms with Gasteiger partial charge in [-0.2, -0.15) is 0 Å². The number of aliphatic hydroxyl groups is 1. The van der Waals surface area contributed by atoms with Crippen molar-refractivity contribution in [3.8, 4) is 0 Å². The Morgan fingerprint density at radius 1 is 1.26 bits per heavy atom. The first-order valence-corrected chi connectivity index (χ1v) is 7.42. The summed E-state index contributed by atoms with van der Waals surface area (Å²) in [5.41, 5.74) is 0.836. The zero-order chi connectivity index (χ0) is 16.8. The highest BCUT2D eigenvalue weighted by molar-refractivity contribution is 6.18. The number of anilines is 1. The summed E-state index contributed by atoms with van der Waals surface area (Å²) < 4.78 is 0. The average molecular weight is 335 g/mol. The van der Waals surface area contributed by atoms with Gasteiger partial charge in [-0.15, -0.1) is 11.6 Å². The van der Waals surface area contributed by atoms with Crippen molar-refractivity contribution in [2.24, 2.45) is 0 Å². The third-order valence-electron chi connectivity index (χ3n) is 3.20. The van der Waals surface area contributed by atoms with Gasteiger partial charge in [-0.05, 0) is 6.07 Å². The number of nitro benzene ring substituents is 1. The van der Waals surface area contributed by atoms with Crippen LogP contribution >= 0.6 is 11.6 Å². The van der Waals surface area contributed by atoms with Crippen molar-refractivity contribution in [2.75, 3.05) is 17.7 Å². The molecule has 23 heavy (non-hydrogen) atoms. The number of rotatable bonds is 7. The van der Waals surface area contributed by atoms with Crippen LogP contribution in [0.5, 0.6) is 0 Å². The van der Waals surface area contributed by atoms with Crippen molar-refractivity contribution >= 4 is 28.8 Å². The molecule has 0 saturated heterocycles. The van der Waals surface area contributed by atoms with E-state index in [1.807, 2.05) is 0 Å². The maximum atomic E-state index is 12.6. The van der Waals surface area contributed by atoms with Crippen LogP contribution in [0.25, 0.3) is 0 Å². The first-order chi connectivity index (χ1) is 11.0. The third-order valence-corrected chi connectivity index (χ3v) is 3.56. The standard InChI is InChI=1S/C16H15ClN2O4/c17-9-13(20)10-18-15-7-6-12(19(22)23)8-14(15)16(21)11-4-2-1-3-5-11/h1-8,13,18,20H,9-10H2. The minimum Gasteiger partial charge on any atom is -0.390 e. The number of carbonyl (C=O) groups excluding carboxylic acids is 1. The van der Waals surface area contributed by atoms with Gasteiger partial charge in [-0.3, -0.25) is 14.9 Å². The molecule has 2 N–H and O–H groups in total. The molecule has 2 aromatic rings. The van der Waals surface area contributed by atoms with Gasteiger partial charge in [-0.25, -0.2) is 0 Å². The van der Waals surface area contributed by atoms with Gasteiger partial charge >= 0.3 is 0 Å². The molecule has 0 amide bonds. The van der Waals surface area contributed by atoms with Crippen molar-refractivity contribution in [1.82, 2.24) is 0 Å². The number of ketones is 1. The van der Waals surface area contributed by atoms with E-state index in [0.717, 1.165) is 0 Å². The second kappa shape index (κ2) is 7.71. The fourth-order valence-corrected chi connectivity index (χ4v) is 2.12. The lowest BCUT2D eigenvalue weighted by atomic mass is 10.0. The zero-order valence-corrected chi connectivity index (χ0v) is 12.9. The Morgan fingerprint density at radius 2 is 1.96 bits per heavy atom. The van der Waals surface area contributed by atoms with E-state index in [0.29, 0.717) is 11.3 Å². The molecule has 0 saturated carbocycles. The summed E-state index contributed by atoms with van der Waals surface area (Å²) in [4.78, 5) is 23.0. The van der Waals surface area contributed by atoms with Crippen LogP contribution in [0.3, 0.4) is 0 Å². The van der Waals surface area contributed by atoms with Crippen LogP contribution in [0, 0.1) is 10.1 Å². The number of carbonyl (C=O) groups is 1. The largest absolute Gasteiger partial charge is 0.390 e. The Labute approximate surface area is 137 Å². The highest BCUT2D eigenvalue weighted by Gasteiger charge is 2.18. The fourth-order valence-electron chi connectivity index (χ4n) is 2.02. The van der Waals surface area contributed by atoms with Crippen molar-refractivity contribution < 1.29 is 14.8 Å². The second-order valence-corrected chi connectivity index (χ2v) is 5.18. The second-order valence-electron chi connectivity index (χ2n) is 4.87. The van der Waals surface area contributed by atoms with Gasteiger partial charge in [0.25, 0.3) is 5.69 Å². The molecule has 0 heterocycles. The van der Waals surface area contributed by atoms with Crippen LogP contribution in [-0.2, 0) is 0 Å². The minimum atomic E-state index is -0.786. The first-order valence-electron chi connectivity index (χ1n) is 6.89.